The number of carbonyl (C=O) groups is 1. The van der Waals surface area contributed by atoms with Crippen molar-refractivity contribution in [3.8, 4) is 0 Å². The topological polar surface area (TPSA) is 48.7 Å². The summed E-state index contributed by atoms with van der Waals surface area (Å²) in [6.45, 7) is 1.06. The molecule has 1 atom stereocenters. The normalized spacial score (nSPS) is 20.9. The molecule has 1 aromatic heterocycles. The molecule has 16 heavy (non-hydrogen) atoms. The molecular weight excluding hydrogens is 208 g/mol. The number of ether oxygens (including phenoxy) is 2. The molecule has 1 fully saturated rings. The van der Waals surface area contributed by atoms with Crippen molar-refractivity contribution < 1.29 is 18.7 Å². The maximum atomic E-state index is 12.0. The van der Waals surface area contributed by atoms with Gasteiger partial charge in [0, 0.05) is 13.7 Å². The lowest BCUT2D eigenvalue weighted by Crippen LogP contribution is -2.27. The zero-order valence-corrected chi connectivity index (χ0v) is 9.40. The molecule has 4 heteroatoms. The van der Waals surface area contributed by atoms with Gasteiger partial charge in [-0.1, -0.05) is 0 Å². The average molecular weight is 224 g/mol. The highest BCUT2D eigenvalue weighted by Crippen LogP contribution is 2.19. The van der Waals surface area contributed by atoms with Crippen molar-refractivity contribution in [2.24, 2.45) is 0 Å². The smallest absolute Gasteiger partial charge is 0.226 e. The van der Waals surface area contributed by atoms with E-state index >= 15 is 0 Å². The van der Waals surface area contributed by atoms with E-state index < -0.39 is 0 Å². The van der Waals surface area contributed by atoms with Crippen LogP contribution < -0.4 is 0 Å². The Kier molecular flexibility index (Phi) is 3.74. The summed E-state index contributed by atoms with van der Waals surface area (Å²) in [5.74, 6) is 0.989. The van der Waals surface area contributed by atoms with Gasteiger partial charge in [-0.2, -0.15) is 0 Å². The first-order valence-corrected chi connectivity index (χ1v) is 5.54. The molecule has 0 bridgehead atoms. The highest BCUT2D eigenvalue weighted by molar-refractivity contribution is 5.97. The van der Waals surface area contributed by atoms with Crippen molar-refractivity contribution in [3.05, 3.63) is 23.7 Å². The third-order valence-electron chi connectivity index (χ3n) is 2.66. The van der Waals surface area contributed by atoms with Crippen molar-refractivity contribution in [1.29, 1.82) is 0 Å². The molecule has 1 aliphatic heterocycles. The SMILES string of the molecule is COCc1ccc(C(=O)C2CCCCO2)o1. The van der Waals surface area contributed by atoms with Crippen LogP contribution in [0.1, 0.15) is 35.6 Å². The Bertz CT molecular complexity index is 350. The second-order valence-corrected chi connectivity index (χ2v) is 3.92. The second kappa shape index (κ2) is 5.27. The van der Waals surface area contributed by atoms with Crippen LogP contribution in [0.3, 0.4) is 0 Å². The van der Waals surface area contributed by atoms with E-state index in [9.17, 15) is 4.79 Å². The van der Waals surface area contributed by atoms with Gasteiger partial charge < -0.3 is 13.9 Å². The summed E-state index contributed by atoms with van der Waals surface area (Å²) in [6.07, 6.45) is 2.55. The van der Waals surface area contributed by atoms with Gasteiger partial charge in [-0.25, -0.2) is 0 Å². The van der Waals surface area contributed by atoms with Crippen LogP contribution in [0.5, 0.6) is 0 Å². The molecule has 88 valence electrons. The summed E-state index contributed by atoms with van der Waals surface area (Å²) in [5.41, 5.74) is 0. The summed E-state index contributed by atoms with van der Waals surface area (Å²) in [7, 11) is 1.59. The van der Waals surface area contributed by atoms with Crippen LogP contribution in [0, 0.1) is 0 Å². The molecule has 1 aliphatic rings. The van der Waals surface area contributed by atoms with Crippen LogP contribution in [0.4, 0.5) is 0 Å². The third-order valence-corrected chi connectivity index (χ3v) is 2.66. The van der Waals surface area contributed by atoms with Crippen LogP contribution in [-0.2, 0) is 16.1 Å². The van der Waals surface area contributed by atoms with Gasteiger partial charge in [0.05, 0.1) is 0 Å². The lowest BCUT2D eigenvalue weighted by Gasteiger charge is -2.20. The first-order chi connectivity index (χ1) is 7.81. The van der Waals surface area contributed by atoms with Crippen molar-refractivity contribution in [2.45, 2.75) is 32.0 Å². The summed E-state index contributed by atoms with van der Waals surface area (Å²) < 4.78 is 15.7. The number of ketones is 1. The molecule has 2 rings (SSSR count). The molecule has 0 N–H and O–H groups in total. The molecule has 1 saturated heterocycles. The number of hydrogen-bond donors (Lipinski definition) is 0. The number of Topliss-reactive ketones (excluding diaryl/α,β-unsaturated/α-hetero) is 1. The summed E-state index contributed by atoms with van der Waals surface area (Å²) in [6, 6.07) is 3.45. The molecule has 0 amide bonds. The zero-order valence-electron chi connectivity index (χ0n) is 9.40. The Balaban J connectivity index is 2.01. The fourth-order valence-electron chi connectivity index (χ4n) is 1.84. The molecule has 0 radical (unpaired) electrons. The maximum absolute atomic E-state index is 12.0. The van der Waals surface area contributed by atoms with Crippen LogP contribution in [0.15, 0.2) is 16.5 Å². The van der Waals surface area contributed by atoms with E-state index in [1.807, 2.05) is 0 Å². The second-order valence-electron chi connectivity index (χ2n) is 3.92. The number of furan rings is 1. The van der Waals surface area contributed by atoms with E-state index in [-0.39, 0.29) is 11.9 Å². The largest absolute Gasteiger partial charge is 0.455 e. The monoisotopic (exact) mass is 224 g/mol. The fourth-order valence-corrected chi connectivity index (χ4v) is 1.84. The van der Waals surface area contributed by atoms with Crippen LogP contribution >= 0.6 is 0 Å². The van der Waals surface area contributed by atoms with Gasteiger partial charge in [0.15, 0.2) is 5.76 Å². The van der Waals surface area contributed by atoms with Gasteiger partial charge in [-0.15, -0.1) is 0 Å². The fraction of sp³-hybridized carbons (Fsp3) is 0.583. The average Bonchev–Trinajstić information content (AvgIpc) is 2.78. The first kappa shape index (κ1) is 11.4. The van der Waals surface area contributed by atoms with Crippen molar-refractivity contribution in [2.75, 3.05) is 13.7 Å². The minimum atomic E-state index is -0.324. The van der Waals surface area contributed by atoms with E-state index in [2.05, 4.69) is 0 Å². The highest BCUT2D eigenvalue weighted by Gasteiger charge is 2.25. The van der Waals surface area contributed by atoms with E-state index in [0.717, 1.165) is 19.3 Å². The van der Waals surface area contributed by atoms with Gasteiger partial charge >= 0.3 is 0 Å². The zero-order chi connectivity index (χ0) is 11.4. The van der Waals surface area contributed by atoms with E-state index in [4.69, 9.17) is 13.9 Å². The van der Waals surface area contributed by atoms with Gasteiger partial charge in [0.1, 0.15) is 18.5 Å². The quantitative estimate of drug-likeness (QED) is 0.735. The van der Waals surface area contributed by atoms with Crippen molar-refractivity contribution in [3.63, 3.8) is 0 Å². The first-order valence-electron chi connectivity index (χ1n) is 5.54. The van der Waals surface area contributed by atoms with Crippen LogP contribution in [0.25, 0.3) is 0 Å². The van der Waals surface area contributed by atoms with Crippen LogP contribution in [0.2, 0.25) is 0 Å². The van der Waals surface area contributed by atoms with Gasteiger partial charge in [0.2, 0.25) is 5.78 Å². The third kappa shape index (κ3) is 2.51. The molecule has 2 heterocycles. The minimum Gasteiger partial charge on any atom is -0.455 e. The standard InChI is InChI=1S/C12H16O4/c1-14-8-9-5-6-11(16-9)12(13)10-4-2-3-7-15-10/h5-6,10H,2-4,7-8H2,1H3. The molecular formula is C12H16O4. The Labute approximate surface area is 94.5 Å². The number of rotatable bonds is 4. The number of hydrogen-bond acceptors (Lipinski definition) is 4. The molecule has 4 nitrogen and oxygen atoms in total. The molecule has 0 saturated carbocycles. The summed E-state index contributed by atoms with van der Waals surface area (Å²) in [5, 5.41) is 0. The predicted octanol–water partition coefficient (Wildman–Crippen LogP) is 2.18. The predicted molar refractivity (Wildman–Crippen MR) is 57.3 cm³/mol. The van der Waals surface area contributed by atoms with E-state index in [1.165, 1.54) is 0 Å². The maximum Gasteiger partial charge on any atom is 0.226 e. The van der Waals surface area contributed by atoms with Crippen molar-refractivity contribution >= 4 is 5.78 Å². The Morgan fingerprint density at radius 1 is 1.50 bits per heavy atom. The van der Waals surface area contributed by atoms with Crippen LogP contribution in [-0.4, -0.2) is 25.6 Å². The highest BCUT2D eigenvalue weighted by atomic mass is 16.5. The Morgan fingerprint density at radius 2 is 2.38 bits per heavy atom. The number of methoxy groups -OCH3 is 1. The van der Waals surface area contributed by atoms with E-state index in [0.29, 0.717) is 24.7 Å². The van der Waals surface area contributed by atoms with Crippen molar-refractivity contribution in [1.82, 2.24) is 0 Å². The molecule has 0 spiro atoms. The molecule has 1 aromatic rings. The minimum absolute atomic E-state index is 0.0537. The Hall–Kier alpha value is -1.13. The van der Waals surface area contributed by atoms with Gasteiger partial charge in [-0.05, 0) is 31.4 Å². The van der Waals surface area contributed by atoms with Gasteiger partial charge in [-0.3, -0.25) is 4.79 Å². The number of carbonyl (C=O) groups excluding carboxylic acids is 1. The van der Waals surface area contributed by atoms with Gasteiger partial charge in [0.25, 0.3) is 0 Å². The molecule has 0 aliphatic carbocycles. The summed E-state index contributed by atoms with van der Waals surface area (Å²) >= 11 is 0. The molecule has 1 unspecified atom stereocenters. The molecule has 0 aromatic carbocycles. The summed E-state index contributed by atoms with van der Waals surface area (Å²) in [4.78, 5) is 12.0. The Morgan fingerprint density at radius 3 is 3.06 bits per heavy atom. The van der Waals surface area contributed by atoms with E-state index in [1.54, 1.807) is 19.2 Å². The lowest BCUT2D eigenvalue weighted by molar-refractivity contribution is 0.0165. The lowest BCUT2D eigenvalue weighted by atomic mass is 10.0.